The molecule has 1 aromatic heterocycles. The van der Waals surface area contributed by atoms with Gasteiger partial charge in [0.25, 0.3) is 0 Å². The summed E-state index contributed by atoms with van der Waals surface area (Å²) in [4.78, 5) is 15.0. The Balaban J connectivity index is 0. The van der Waals surface area contributed by atoms with Gasteiger partial charge < -0.3 is 4.79 Å². The predicted octanol–water partition coefficient (Wildman–Crippen LogP) is 5.40. The van der Waals surface area contributed by atoms with Crippen LogP contribution in [-0.2, 0) is 30.8 Å². The van der Waals surface area contributed by atoms with Crippen LogP contribution >= 0.6 is 15.8 Å². The molecule has 1 rings (SSSR count). The minimum absolute atomic E-state index is 0. The maximum atomic E-state index is 7.75. The zero-order valence-electron chi connectivity index (χ0n) is 19.9. The molecule has 0 N–H and O–H groups in total. The van der Waals surface area contributed by atoms with Gasteiger partial charge in [0.05, 0.1) is 40.7 Å². The molecule has 0 fully saturated rings. The van der Waals surface area contributed by atoms with Crippen LogP contribution in [0.1, 0.15) is 61.1 Å². The number of nitrogens with zero attached hydrogens (tertiary/aromatic N) is 2. The Morgan fingerprint density at radius 3 is 1.55 bits per heavy atom. The Hall–Kier alpha value is 0.263. The third-order valence-corrected chi connectivity index (χ3v) is 13.0. The average molecular weight is 530 g/mol. The van der Waals surface area contributed by atoms with E-state index in [1.807, 2.05) is 12.3 Å². The fourth-order valence-electron chi connectivity index (χ4n) is 4.05. The van der Waals surface area contributed by atoms with Gasteiger partial charge in [-0.15, -0.1) is 0 Å². The summed E-state index contributed by atoms with van der Waals surface area (Å²) in [5, 5.41) is 0. The number of pyridine rings is 1. The summed E-state index contributed by atoms with van der Waals surface area (Å²) in [5.41, 5.74) is 4.67. The molecule has 0 spiro atoms. The van der Waals surface area contributed by atoms with E-state index in [1.165, 1.54) is 31.1 Å². The summed E-state index contributed by atoms with van der Waals surface area (Å²) in [6, 6.07) is 6.32. The summed E-state index contributed by atoms with van der Waals surface area (Å²) in [6.45, 7) is 26.2. The number of aromatic nitrogens is 1. The van der Waals surface area contributed by atoms with Crippen LogP contribution in [0, 0.1) is 0 Å². The molecule has 0 radical (unpaired) electrons. The van der Waals surface area contributed by atoms with Crippen LogP contribution in [0.15, 0.2) is 24.4 Å². The Labute approximate surface area is 196 Å². The Kier molecular flexibility index (Phi) is 19.4. The monoisotopic (exact) mass is 530 g/mol. The molecule has 1 heterocycles. The van der Waals surface area contributed by atoms with E-state index in [0.717, 1.165) is 29.2 Å². The molecule has 0 unspecified atom stereocenters. The van der Waals surface area contributed by atoms with Crippen molar-refractivity contribution in [3.05, 3.63) is 30.1 Å². The van der Waals surface area contributed by atoms with Gasteiger partial charge in [0.1, 0.15) is 0 Å². The van der Waals surface area contributed by atoms with E-state index < -0.39 is 0 Å². The van der Waals surface area contributed by atoms with Crippen LogP contribution in [0.5, 0.6) is 0 Å². The van der Waals surface area contributed by atoms with Gasteiger partial charge in [0.15, 0.2) is 0 Å². The third kappa shape index (κ3) is 13.3. The SMILES string of the molecule is CC(C)[PH+](CCN(CC[PH+](C(C)C)C(C)C)Cc1ccccn1)C(C)C.[CH-]=O.[RuH+2]. The van der Waals surface area contributed by atoms with Crippen LogP contribution in [0.2, 0.25) is 0 Å². The van der Waals surface area contributed by atoms with E-state index in [1.54, 1.807) is 0 Å². The topological polar surface area (TPSA) is 33.2 Å². The molecule has 0 saturated carbocycles. The first-order chi connectivity index (χ1) is 13.2. The zero-order chi connectivity index (χ0) is 21.7. The van der Waals surface area contributed by atoms with Crippen LogP contribution in [0.25, 0.3) is 0 Å². The number of carbonyl (C=O) groups excluding carboxylic acids is 1. The van der Waals surface area contributed by atoms with E-state index in [2.05, 4.69) is 84.2 Å². The molecule has 6 heteroatoms. The first-order valence-corrected chi connectivity index (χ1v) is 14.5. The van der Waals surface area contributed by atoms with Crippen LogP contribution in [0.3, 0.4) is 0 Å². The van der Waals surface area contributed by atoms with E-state index >= 15 is 0 Å². The van der Waals surface area contributed by atoms with Crippen molar-refractivity contribution < 1.29 is 24.3 Å². The minimum atomic E-state index is -0.289. The molecule has 0 saturated heterocycles. The molecule has 0 aliphatic carbocycles. The van der Waals surface area contributed by atoms with E-state index in [-0.39, 0.29) is 35.3 Å². The Bertz CT molecular complexity index is 461. The fourth-order valence-corrected chi connectivity index (χ4v) is 10.2. The summed E-state index contributed by atoms with van der Waals surface area (Å²) in [6.07, 6.45) is 4.74. The van der Waals surface area contributed by atoms with Crippen molar-refractivity contribution in [2.45, 2.75) is 84.6 Å². The zero-order valence-corrected chi connectivity index (χ0v) is 23.8. The normalized spacial score (nSPS) is 11.6. The average Bonchev–Trinajstić information content (AvgIpc) is 2.63. The van der Waals surface area contributed by atoms with Crippen molar-refractivity contribution in [3.63, 3.8) is 0 Å². The molecule has 0 amide bonds. The van der Waals surface area contributed by atoms with E-state index in [0.29, 0.717) is 0 Å². The molecular weight excluding hydrogens is 483 g/mol. The van der Waals surface area contributed by atoms with Crippen LogP contribution < -0.4 is 0 Å². The number of hydrogen-bond donors (Lipinski definition) is 0. The molecule has 0 atom stereocenters. The molecule has 0 aromatic carbocycles. The second-order valence-electron chi connectivity index (χ2n) is 8.87. The van der Waals surface area contributed by atoms with Gasteiger partial charge in [-0.2, -0.15) is 0 Å². The van der Waals surface area contributed by atoms with Crippen molar-refractivity contribution in [2.24, 2.45) is 0 Å². The van der Waals surface area contributed by atoms with Gasteiger partial charge in [-0.1, -0.05) is 6.07 Å². The third-order valence-electron chi connectivity index (χ3n) is 5.51. The number of hydrogen-bond acceptors (Lipinski definition) is 3. The van der Waals surface area contributed by atoms with Crippen molar-refractivity contribution in [1.29, 1.82) is 0 Å². The quantitative estimate of drug-likeness (QED) is 0.157. The van der Waals surface area contributed by atoms with Gasteiger partial charge in [-0.3, -0.25) is 16.7 Å². The van der Waals surface area contributed by atoms with E-state index in [9.17, 15) is 0 Å². The molecule has 169 valence electrons. The molecule has 3 nitrogen and oxygen atoms in total. The van der Waals surface area contributed by atoms with Crippen molar-refractivity contribution in [2.75, 3.05) is 25.4 Å². The Morgan fingerprint density at radius 2 is 1.24 bits per heavy atom. The second kappa shape index (κ2) is 17.9. The molecule has 1 aromatic rings. The standard InChI is InChI=1S/C22H42N2P2.CHO.Ru.H/c1-18(2)25(19(3)4)15-13-24(17-22-11-9-10-12-23-22)14-16-26(20(5)6)21(7)8;1-2;;/h9-12,18-21H,13-17H2,1-8H3;1H;;/q;-1;+2;/p+2. The van der Waals surface area contributed by atoms with Gasteiger partial charge in [0.2, 0.25) is 0 Å². The predicted molar refractivity (Wildman–Crippen MR) is 135 cm³/mol. The van der Waals surface area contributed by atoms with Gasteiger partial charge in [-0.25, -0.2) is 0 Å². The van der Waals surface area contributed by atoms with Crippen LogP contribution in [-0.4, -0.2) is 64.7 Å². The first kappa shape index (κ1) is 31.4. The van der Waals surface area contributed by atoms with Crippen molar-refractivity contribution >= 4 is 22.6 Å². The Morgan fingerprint density at radius 1 is 0.828 bits per heavy atom. The van der Waals surface area contributed by atoms with Crippen molar-refractivity contribution in [3.8, 4) is 0 Å². The van der Waals surface area contributed by atoms with E-state index in [4.69, 9.17) is 4.79 Å². The van der Waals surface area contributed by atoms with Gasteiger partial charge in [0, 0.05) is 41.7 Å². The van der Waals surface area contributed by atoms with Crippen molar-refractivity contribution in [1.82, 2.24) is 9.88 Å². The molecule has 0 bridgehead atoms. The fraction of sp³-hybridized carbons (Fsp3) is 0.739. The van der Waals surface area contributed by atoms with Gasteiger partial charge >= 0.3 is 19.5 Å². The summed E-state index contributed by atoms with van der Waals surface area (Å²) >= 11 is 0. The van der Waals surface area contributed by atoms with Gasteiger partial charge in [-0.05, 0) is 67.5 Å². The van der Waals surface area contributed by atoms with Crippen LogP contribution in [0.4, 0.5) is 0 Å². The summed E-state index contributed by atoms with van der Waals surface area (Å²) in [5.74, 6) is 0. The molecule has 0 aliphatic heterocycles. The second-order valence-corrected chi connectivity index (χ2v) is 16.8. The molecular formula is C23H46N2OP2Ru+3. The summed E-state index contributed by atoms with van der Waals surface area (Å²) in [7, 11) is -0.578. The molecule has 29 heavy (non-hydrogen) atoms. The maximum absolute atomic E-state index is 7.75. The summed E-state index contributed by atoms with van der Waals surface area (Å²) < 4.78 is 0. The first-order valence-electron chi connectivity index (χ1n) is 10.8. The number of rotatable bonds is 12. The molecule has 0 aliphatic rings.